The summed E-state index contributed by atoms with van der Waals surface area (Å²) in [6.07, 6.45) is 72.5. The number of nitrogens with zero attached hydrogens (tertiary/aromatic N) is 1. The molecule has 0 radical (unpaired) electrons. The molecule has 0 aromatic rings. The summed E-state index contributed by atoms with van der Waals surface area (Å²) in [4.78, 5) is 40.1. The van der Waals surface area contributed by atoms with Gasteiger partial charge in [0.25, 0.3) is 7.82 Å². The number of amides is 1. The lowest BCUT2D eigenvalue weighted by Gasteiger charge is -2.30. The second-order valence-electron chi connectivity index (χ2n) is 24.7. The van der Waals surface area contributed by atoms with Crippen LogP contribution in [0.5, 0.6) is 0 Å². The van der Waals surface area contributed by atoms with Crippen molar-refractivity contribution >= 4 is 19.7 Å². The van der Waals surface area contributed by atoms with Crippen LogP contribution in [0.3, 0.4) is 0 Å². The fraction of sp³-hybridized carbons (Fsp3) is 0.884. The van der Waals surface area contributed by atoms with Crippen molar-refractivity contribution in [2.45, 2.75) is 354 Å². The van der Waals surface area contributed by atoms with Crippen LogP contribution in [0.15, 0.2) is 36.5 Å². The summed E-state index contributed by atoms with van der Waals surface area (Å²) < 4.78 is 30.4. The van der Waals surface area contributed by atoms with E-state index in [1.807, 2.05) is 33.3 Å². The maximum absolute atomic E-state index is 13.6. The predicted octanol–water partition coefficient (Wildman–Crippen LogP) is 20.8. The molecule has 0 aromatic carbocycles. The lowest BCUT2D eigenvalue weighted by atomic mass is 10.0. The number of esters is 1. The highest BCUT2D eigenvalue weighted by molar-refractivity contribution is 7.45. The van der Waals surface area contributed by atoms with Gasteiger partial charge in [0.05, 0.1) is 33.8 Å². The molecule has 1 N–H and O–H groups in total. The van der Waals surface area contributed by atoms with E-state index in [1.54, 1.807) is 0 Å². The van der Waals surface area contributed by atoms with Crippen molar-refractivity contribution in [2.75, 3.05) is 40.9 Å². The van der Waals surface area contributed by atoms with Gasteiger partial charge in [-0.15, -0.1) is 0 Å². The van der Waals surface area contributed by atoms with Crippen molar-refractivity contribution in [2.24, 2.45) is 0 Å². The van der Waals surface area contributed by atoms with Gasteiger partial charge < -0.3 is 28.5 Å². The Balaban J connectivity index is 5.15. The van der Waals surface area contributed by atoms with Crippen LogP contribution in [0.2, 0.25) is 0 Å². The van der Waals surface area contributed by atoms with Crippen molar-refractivity contribution in [1.82, 2.24) is 5.32 Å². The zero-order valence-electron chi connectivity index (χ0n) is 53.3. The van der Waals surface area contributed by atoms with Gasteiger partial charge in [-0.2, -0.15) is 0 Å². The Morgan fingerprint density at radius 2 is 0.772 bits per heavy atom. The van der Waals surface area contributed by atoms with Crippen LogP contribution in [0.4, 0.5) is 0 Å². The minimum Gasteiger partial charge on any atom is -0.756 e. The molecule has 79 heavy (non-hydrogen) atoms. The Kier molecular flexibility index (Phi) is 58.1. The number of allylic oxidation sites excluding steroid dienone is 5. The Bertz CT molecular complexity index is 1450. The molecule has 0 heterocycles. The molecule has 0 aromatic heterocycles. The highest BCUT2D eigenvalue weighted by atomic mass is 31.2. The molecule has 9 nitrogen and oxygen atoms in total. The van der Waals surface area contributed by atoms with E-state index in [2.05, 4.69) is 50.4 Å². The quantitative estimate of drug-likeness (QED) is 0.0212. The summed E-state index contributed by atoms with van der Waals surface area (Å²) in [5.41, 5.74) is 0. The first-order valence-electron chi connectivity index (χ1n) is 34.3. The highest BCUT2D eigenvalue weighted by Crippen LogP contribution is 2.38. The van der Waals surface area contributed by atoms with Gasteiger partial charge in [-0.3, -0.25) is 14.2 Å². The summed E-state index contributed by atoms with van der Waals surface area (Å²) in [6.45, 7) is 6.88. The number of quaternary nitrogens is 1. The van der Waals surface area contributed by atoms with Crippen LogP contribution in [-0.2, 0) is 27.9 Å². The van der Waals surface area contributed by atoms with Crippen LogP contribution in [-0.4, -0.2) is 69.4 Å². The zero-order chi connectivity index (χ0) is 57.9. The molecule has 0 saturated carbocycles. The molecule has 1 amide bonds. The minimum atomic E-state index is -4.70. The smallest absolute Gasteiger partial charge is 0.306 e. The Morgan fingerprint density at radius 3 is 1.16 bits per heavy atom. The van der Waals surface area contributed by atoms with Gasteiger partial charge >= 0.3 is 5.97 Å². The lowest BCUT2D eigenvalue weighted by molar-refractivity contribution is -0.870. The maximum Gasteiger partial charge on any atom is 0.306 e. The number of hydrogen-bond acceptors (Lipinski definition) is 7. The first kappa shape index (κ1) is 77.2. The fourth-order valence-electron chi connectivity index (χ4n) is 10.3. The number of phosphoric ester groups is 1. The van der Waals surface area contributed by atoms with Crippen LogP contribution < -0.4 is 10.2 Å². The third kappa shape index (κ3) is 60.6. The van der Waals surface area contributed by atoms with E-state index in [0.717, 1.165) is 64.2 Å². The summed E-state index contributed by atoms with van der Waals surface area (Å²) in [5, 5.41) is 3.05. The van der Waals surface area contributed by atoms with Crippen LogP contribution >= 0.6 is 7.82 Å². The maximum atomic E-state index is 13.6. The van der Waals surface area contributed by atoms with Gasteiger partial charge in [-0.1, -0.05) is 302 Å². The molecule has 0 aliphatic rings. The number of carbonyl (C=O) groups excluding carboxylic acids is 2. The average molecular weight is 1130 g/mol. The number of carbonyl (C=O) groups is 2. The second kappa shape index (κ2) is 59.4. The molecule has 0 spiro atoms. The van der Waals surface area contributed by atoms with E-state index in [1.165, 1.54) is 244 Å². The molecule has 0 bridgehead atoms. The SMILES string of the molecule is CCCCC/C=C\C/C=C\CCCCCCCCCCCCCC(=O)NC(COP(=O)([O-])OCC[N+](C)(C)C)C(/C=C/CCCCCCCCCCCCC)OC(=O)CCCCCCCCCCCCCCCCCCCCC. The van der Waals surface area contributed by atoms with Crippen molar-refractivity contribution in [1.29, 1.82) is 0 Å². The molecule has 0 rings (SSSR count). The van der Waals surface area contributed by atoms with E-state index in [-0.39, 0.29) is 31.5 Å². The van der Waals surface area contributed by atoms with Crippen molar-refractivity contribution in [3.05, 3.63) is 36.5 Å². The number of phosphoric acid groups is 1. The third-order valence-electron chi connectivity index (χ3n) is 15.6. The molecule has 466 valence electrons. The standard InChI is InChI=1S/C69H133N2O7P/c1-7-10-13-16-19-22-25-28-30-32-34-35-37-38-40-43-46-49-52-55-58-61-68(72)70-66(65-77-79(74,75)76-64-63-71(4,5)6)67(60-57-54-51-48-45-42-27-24-21-18-15-12-9-3)78-69(73)62-59-56-53-50-47-44-41-39-36-33-31-29-26-23-20-17-14-11-8-2/h19,22,28,30,57,60,66-67H,7-18,20-21,23-27,29,31-56,58-59,61-65H2,1-6H3,(H-,70,72,74,75)/b22-19-,30-28-,60-57+. The van der Waals surface area contributed by atoms with Crippen LogP contribution in [0, 0.1) is 0 Å². The zero-order valence-corrected chi connectivity index (χ0v) is 54.2. The van der Waals surface area contributed by atoms with E-state index in [9.17, 15) is 19.0 Å². The number of nitrogens with one attached hydrogen (secondary N) is 1. The van der Waals surface area contributed by atoms with Crippen molar-refractivity contribution in [3.8, 4) is 0 Å². The fourth-order valence-corrected chi connectivity index (χ4v) is 11.0. The van der Waals surface area contributed by atoms with Gasteiger partial charge in [-0.25, -0.2) is 0 Å². The van der Waals surface area contributed by atoms with E-state index in [0.29, 0.717) is 17.4 Å². The number of ether oxygens (including phenoxy) is 1. The Labute approximate surface area is 491 Å². The number of rotatable bonds is 63. The topological polar surface area (TPSA) is 114 Å². The minimum absolute atomic E-state index is 0.0199. The predicted molar refractivity (Wildman–Crippen MR) is 340 cm³/mol. The molecule has 0 saturated heterocycles. The van der Waals surface area contributed by atoms with Gasteiger partial charge in [0.15, 0.2) is 0 Å². The highest BCUT2D eigenvalue weighted by Gasteiger charge is 2.27. The summed E-state index contributed by atoms with van der Waals surface area (Å²) in [6, 6.07) is -0.886. The summed E-state index contributed by atoms with van der Waals surface area (Å²) in [7, 11) is 1.20. The molecule has 3 atom stereocenters. The summed E-state index contributed by atoms with van der Waals surface area (Å²) >= 11 is 0. The van der Waals surface area contributed by atoms with E-state index in [4.69, 9.17) is 13.8 Å². The molecular weight excluding hydrogens is 1000 g/mol. The number of unbranched alkanes of at least 4 members (excludes halogenated alkanes) is 43. The molecule has 0 aliphatic heterocycles. The molecule has 3 unspecified atom stereocenters. The monoisotopic (exact) mass is 1130 g/mol. The third-order valence-corrected chi connectivity index (χ3v) is 16.5. The number of likely N-dealkylation sites (N-methyl/N-ethyl adjacent to an activating group) is 1. The van der Waals surface area contributed by atoms with Gasteiger partial charge in [0.1, 0.15) is 19.3 Å². The van der Waals surface area contributed by atoms with Crippen molar-refractivity contribution < 1.29 is 37.3 Å². The first-order chi connectivity index (χ1) is 38.4. The Morgan fingerprint density at radius 1 is 0.443 bits per heavy atom. The number of hydrogen-bond donors (Lipinski definition) is 1. The molecule has 0 aliphatic carbocycles. The van der Waals surface area contributed by atoms with Crippen molar-refractivity contribution in [3.63, 3.8) is 0 Å². The normalized spacial score (nSPS) is 13.8. The van der Waals surface area contributed by atoms with E-state index >= 15 is 0 Å². The molecule has 0 fully saturated rings. The Hall–Kier alpha value is -1.77. The largest absolute Gasteiger partial charge is 0.756 e. The average Bonchev–Trinajstić information content (AvgIpc) is 3.41. The lowest BCUT2D eigenvalue weighted by Crippen LogP contribution is -2.47. The second-order valence-corrected chi connectivity index (χ2v) is 26.1. The first-order valence-corrected chi connectivity index (χ1v) is 35.8. The molecular formula is C69H133N2O7P. The molecule has 10 heteroatoms. The van der Waals surface area contributed by atoms with Crippen LogP contribution in [0.25, 0.3) is 0 Å². The van der Waals surface area contributed by atoms with Gasteiger partial charge in [0.2, 0.25) is 5.91 Å². The summed E-state index contributed by atoms with van der Waals surface area (Å²) in [5.74, 6) is -0.524. The van der Waals surface area contributed by atoms with Gasteiger partial charge in [0, 0.05) is 12.8 Å². The van der Waals surface area contributed by atoms with Gasteiger partial charge in [-0.05, 0) is 63.9 Å². The van der Waals surface area contributed by atoms with Crippen LogP contribution in [0.1, 0.15) is 342 Å². The van der Waals surface area contributed by atoms with E-state index < -0.39 is 20.0 Å².